The van der Waals surface area contributed by atoms with E-state index < -0.39 is 11.9 Å². The van der Waals surface area contributed by atoms with Gasteiger partial charge < -0.3 is 19.5 Å². The maximum absolute atomic E-state index is 11.5. The van der Waals surface area contributed by atoms with Crippen LogP contribution >= 0.6 is 0 Å². The van der Waals surface area contributed by atoms with Crippen LogP contribution in [-0.2, 0) is 20.8 Å². The lowest BCUT2D eigenvalue weighted by atomic mass is 10.2. The zero-order valence-corrected chi connectivity index (χ0v) is 10.9. The number of rotatable bonds is 6. The van der Waals surface area contributed by atoms with E-state index in [2.05, 4.69) is 5.32 Å². The van der Waals surface area contributed by atoms with Crippen molar-refractivity contribution in [1.29, 1.82) is 0 Å². The molecule has 0 aliphatic rings. The van der Waals surface area contributed by atoms with Gasteiger partial charge in [0, 0.05) is 14.2 Å². The van der Waals surface area contributed by atoms with Crippen molar-refractivity contribution in [2.24, 2.45) is 0 Å². The number of ether oxygens (including phenoxy) is 3. The first-order valence-electron chi connectivity index (χ1n) is 5.64. The van der Waals surface area contributed by atoms with Crippen LogP contribution in [0.25, 0.3) is 0 Å². The number of amides is 1. The summed E-state index contributed by atoms with van der Waals surface area (Å²) < 4.78 is 15.3. The Morgan fingerprint density at radius 1 is 1.22 bits per heavy atom. The number of nitrogens with one attached hydrogen (secondary N) is 1. The third kappa shape index (κ3) is 4.73. The van der Waals surface area contributed by atoms with E-state index in [0.29, 0.717) is 0 Å². The Balaban J connectivity index is 2.30. The molecule has 0 spiro atoms. The molecule has 0 saturated heterocycles. The van der Waals surface area contributed by atoms with E-state index in [9.17, 15) is 4.79 Å². The Labute approximate surface area is 107 Å². The number of carbonyl (C=O) groups excluding carboxylic acids is 1. The topological polar surface area (TPSA) is 56.8 Å². The third-order valence-corrected chi connectivity index (χ3v) is 2.63. The van der Waals surface area contributed by atoms with Crippen molar-refractivity contribution < 1.29 is 19.0 Å². The summed E-state index contributed by atoms with van der Waals surface area (Å²) in [5.74, 6) is -0.842. The van der Waals surface area contributed by atoms with Crippen LogP contribution in [0.1, 0.15) is 12.5 Å². The highest BCUT2D eigenvalue weighted by Gasteiger charge is 2.23. The average molecular weight is 253 g/mol. The Hall–Kier alpha value is -1.59. The number of methoxy groups -OCH3 is 2. The van der Waals surface area contributed by atoms with Gasteiger partial charge >= 0.3 is 6.09 Å². The molecule has 0 heterocycles. The summed E-state index contributed by atoms with van der Waals surface area (Å²) >= 11 is 0. The van der Waals surface area contributed by atoms with Gasteiger partial charge in [0.1, 0.15) is 6.61 Å². The van der Waals surface area contributed by atoms with Crippen LogP contribution in [0.15, 0.2) is 30.3 Å². The van der Waals surface area contributed by atoms with E-state index in [1.807, 2.05) is 30.3 Å². The highest BCUT2D eigenvalue weighted by atomic mass is 16.7. The predicted molar refractivity (Wildman–Crippen MR) is 67.1 cm³/mol. The Morgan fingerprint density at radius 3 is 2.39 bits per heavy atom. The maximum atomic E-state index is 11.5. The van der Waals surface area contributed by atoms with E-state index in [4.69, 9.17) is 14.2 Å². The minimum atomic E-state index is -0.842. The molecule has 100 valence electrons. The molecule has 0 radical (unpaired) electrons. The van der Waals surface area contributed by atoms with E-state index in [1.165, 1.54) is 14.2 Å². The second-order valence-corrected chi connectivity index (χ2v) is 3.96. The molecule has 1 amide bonds. The lowest BCUT2D eigenvalue weighted by Gasteiger charge is -2.26. The van der Waals surface area contributed by atoms with Crippen molar-refractivity contribution in [3.05, 3.63) is 35.9 Å². The number of hydrogen-bond donors (Lipinski definition) is 1. The molecule has 0 saturated carbocycles. The highest BCUT2D eigenvalue weighted by molar-refractivity contribution is 5.67. The maximum Gasteiger partial charge on any atom is 0.407 e. The molecule has 1 aromatic rings. The summed E-state index contributed by atoms with van der Waals surface area (Å²) in [5.41, 5.74) is 0.939. The van der Waals surface area contributed by atoms with Crippen LogP contribution in [0, 0.1) is 0 Å². The van der Waals surface area contributed by atoms with Gasteiger partial charge in [0.2, 0.25) is 0 Å². The molecule has 0 aliphatic heterocycles. The van der Waals surface area contributed by atoms with E-state index in [0.717, 1.165) is 5.56 Å². The van der Waals surface area contributed by atoms with Gasteiger partial charge in [-0.1, -0.05) is 30.3 Å². The van der Waals surface area contributed by atoms with Crippen molar-refractivity contribution in [3.8, 4) is 0 Å². The molecule has 18 heavy (non-hydrogen) atoms. The summed E-state index contributed by atoms with van der Waals surface area (Å²) in [6, 6.07) is 9.47. The molecule has 0 aromatic heterocycles. The van der Waals surface area contributed by atoms with Crippen molar-refractivity contribution >= 4 is 6.09 Å². The van der Waals surface area contributed by atoms with Crippen LogP contribution in [0.3, 0.4) is 0 Å². The molecule has 0 bridgehead atoms. The van der Waals surface area contributed by atoms with Gasteiger partial charge in [-0.15, -0.1) is 0 Å². The van der Waals surface area contributed by atoms with Crippen LogP contribution in [0.2, 0.25) is 0 Å². The van der Waals surface area contributed by atoms with Crippen molar-refractivity contribution in [2.45, 2.75) is 19.3 Å². The molecule has 0 unspecified atom stereocenters. The fourth-order valence-corrected chi connectivity index (χ4v) is 1.23. The summed E-state index contributed by atoms with van der Waals surface area (Å²) in [6.45, 7) is 2.18. The normalized spacial score (nSPS) is 11.1. The number of alkyl carbamates (subject to hydrolysis) is 1. The molecule has 1 N–H and O–H groups in total. The van der Waals surface area contributed by atoms with Gasteiger partial charge in [-0.25, -0.2) is 4.79 Å². The molecule has 0 fully saturated rings. The number of hydrogen-bond acceptors (Lipinski definition) is 4. The van der Waals surface area contributed by atoms with Gasteiger partial charge in [-0.3, -0.25) is 0 Å². The molecular formula is C13H19NO4. The van der Waals surface area contributed by atoms with Crippen LogP contribution in [0.5, 0.6) is 0 Å². The Bertz CT molecular complexity index is 363. The largest absolute Gasteiger partial charge is 0.445 e. The number of benzene rings is 1. The van der Waals surface area contributed by atoms with Crippen LogP contribution in [0.4, 0.5) is 4.79 Å². The lowest BCUT2D eigenvalue weighted by molar-refractivity contribution is -0.188. The van der Waals surface area contributed by atoms with Gasteiger partial charge in [0.15, 0.2) is 5.79 Å². The average Bonchev–Trinajstić information content (AvgIpc) is 2.43. The fourth-order valence-electron chi connectivity index (χ4n) is 1.23. The SMILES string of the molecule is COC(C)(CNC(=O)OCc1ccccc1)OC. The van der Waals surface area contributed by atoms with Crippen molar-refractivity contribution in [2.75, 3.05) is 20.8 Å². The Kier molecular flexibility index (Phi) is 5.61. The second kappa shape index (κ2) is 6.98. The fraction of sp³-hybridized carbons (Fsp3) is 0.462. The summed E-state index contributed by atoms with van der Waals surface area (Å²) in [5, 5.41) is 2.58. The van der Waals surface area contributed by atoms with Gasteiger partial charge in [0.25, 0.3) is 0 Å². The quantitative estimate of drug-likeness (QED) is 0.787. The Morgan fingerprint density at radius 2 is 1.83 bits per heavy atom. The molecule has 0 aliphatic carbocycles. The number of carbonyl (C=O) groups is 1. The molecule has 5 nitrogen and oxygen atoms in total. The molecular weight excluding hydrogens is 234 g/mol. The zero-order chi connectivity index (χ0) is 13.4. The monoisotopic (exact) mass is 253 g/mol. The minimum Gasteiger partial charge on any atom is -0.445 e. The van der Waals surface area contributed by atoms with E-state index >= 15 is 0 Å². The molecule has 1 aromatic carbocycles. The summed E-state index contributed by atoms with van der Waals surface area (Å²) in [4.78, 5) is 11.5. The van der Waals surface area contributed by atoms with Gasteiger partial charge in [0.05, 0.1) is 6.54 Å². The van der Waals surface area contributed by atoms with E-state index in [1.54, 1.807) is 6.92 Å². The molecule has 1 rings (SSSR count). The molecule has 0 atom stereocenters. The first-order valence-corrected chi connectivity index (χ1v) is 5.64. The first-order chi connectivity index (χ1) is 8.59. The second-order valence-electron chi connectivity index (χ2n) is 3.96. The van der Waals surface area contributed by atoms with Crippen LogP contribution < -0.4 is 5.32 Å². The lowest BCUT2D eigenvalue weighted by Crippen LogP contribution is -2.43. The van der Waals surface area contributed by atoms with Gasteiger partial charge in [-0.2, -0.15) is 0 Å². The minimum absolute atomic E-state index is 0.216. The smallest absolute Gasteiger partial charge is 0.407 e. The van der Waals surface area contributed by atoms with Crippen molar-refractivity contribution in [3.63, 3.8) is 0 Å². The first kappa shape index (κ1) is 14.5. The van der Waals surface area contributed by atoms with Crippen LogP contribution in [-0.4, -0.2) is 32.6 Å². The molecule has 5 heteroatoms. The predicted octanol–water partition coefficient (Wildman–Crippen LogP) is 1.92. The standard InChI is InChI=1S/C13H19NO4/c1-13(16-2,17-3)10-14-12(15)18-9-11-7-5-4-6-8-11/h4-8H,9-10H2,1-3H3,(H,14,15). The van der Waals surface area contributed by atoms with Crippen molar-refractivity contribution in [1.82, 2.24) is 5.32 Å². The zero-order valence-electron chi connectivity index (χ0n) is 10.9. The highest BCUT2D eigenvalue weighted by Crippen LogP contribution is 2.07. The summed E-state index contributed by atoms with van der Waals surface area (Å²) in [7, 11) is 3.03. The third-order valence-electron chi connectivity index (χ3n) is 2.63. The van der Waals surface area contributed by atoms with E-state index in [-0.39, 0.29) is 13.2 Å². The summed E-state index contributed by atoms with van der Waals surface area (Å²) in [6.07, 6.45) is -0.501. The van der Waals surface area contributed by atoms with Gasteiger partial charge in [-0.05, 0) is 12.5 Å².